The van der Waals surface area contributed by atoms with E-state index >= 15 is 0 Å². The summed E-state index contributed by atoms with van der Waals surface area (Å²) in [7, 11) is 0. The number of unbranched alkanes of at least 4 members (excludes halogenated alkanes) is 1. The molecule has 64 valence electrons. The zero-order chi connectivity index (χ0) is 8.81. The van der Waals surface area contributed by atoms with Gasteiger partial charge in [0.1, 0.15) is 0 Å². The lowest BCUT2D eigenvalue weighted by molar-refractivity contribution is 0.962. The molecule has 0 radical (unpaired) electrons. The first-order valence-electron chi connectivity index (χ1n) is 4.25. The summed E-state index contributed by atoms with van der Waals surface area (Å²) >= 11 is 3.50. The molecular weight excluding hydrogens is 212 g/mol. The van der Waals surface area contributed by atoms with Crippen molar-refractivity contribution in [2.24, 2.45) is 0 Å². The quantitative estimate of drug-likeness (QED) is 0.720. The summed E-state index contributed by atoms with van der Waals surface area (Å²) in [5.41, 5.74) is 1.26. The van der Waals surface area contributed by atoms with Crippen LogP contribution in [0.1, 0.15) is 25.3 Å². The molecule has 0 aliphatic rings. The Morgan fingerprint density at radius 1 is 1.33 bits per heavy atom. The largest absolute Gasteiger partial charge is 0.0839 e. The minimum atomic E-state index is 1.15. The van der Waals surface area contributed by atoms with Crippen LogP contribution in [0.4, 0.5) is 0 Å². The molecule has 0 saturated carbocycles. The van der Waals surface area contributed by atoms with Crippen LogP contribution in [-0.4, -0.2) is 0 Å². The topological polar surface area (TPSA) is 0 Å². The fraction of sp³-hybridized carbons (Fsp3) is 0.273. The predicted molar refractivity (Wildman–Crippen MR) is 58.1 cm³/mol. The van der Waals surface area contributed by atoms with Crippen molar-refractivity contribution in [2.75, 3.05) is 0 Å². The summed E-state index contributed by atoms with van der Waals surface area (Å²) in [5.74, 6) is 0. The van der Waals surface area contributed by atoms with E-state index in [2.05, 4.69) is 53.2 Å². The first kappa shape index (κ1) is 9.53. The maximum atomic E-state index is 3.50. The van der Waals surface area contributed by atoms with E-state index in [0.29, 0.717) is 0 Å². The lowest BCUT2D eigenvalue weighted by atomic mass is 10.2. The van der Waals surface area contributed by atoms with Gasteiger partial charge in [-0.3, -0.25) is 0 Å². The summed E-state index contributed by atoms with van der Waals surface area (Å²) in [5, 5.41) is 0. The Morgan fingerprint density at radius 3 is 2.75 bits per heavy atom. The highest BCUT2D eigenvalue weighted by atomic mass is 79.9. The Bertz CT molecular complexity index is 263. The highest BCUT2D eigenvalue weighted by molar-refractivity contribution is 9.10. The lowest BCUT2D eigenvalue weighted by Gasteiger charge is -1.95. The van der Waals surface area contributed by atoms with Gasteiger partial charge in [0.2, 0.25) is 0 Å². The molecule has 0 bridgehead atoms. The van der Waals surface area contributed by atoms with Crippen LogP contribution >= 0.6 is 15.9 Å². The van der Waals surface area contributed by atoms with Crippen LogP contribution in [0.5, 0.6) is 0 Å². The molecule has 1 aromatic rings. The van der Waals surface area contributed by atoms with E-state index in [0.717, 1.165) is 10.9 Å². The average molecular weight is 225 g/mol. The van der Waals surface area contributed by atoms with Crippen LogP contribution in [-0.2, 0) is 0 Å². The van der Waals surface area contributed by atoms with Gasteiger partial charge in [0.05, 0.1) is 0 Å². The summed E-state index contributed by atoms with van der Waals surface area (Å²) in [6, 6.07) is 8.25. The molecule has 0 fully saturated rings. The Morgan fingerprint density at radius 2 is 2.08 bits per heavy atom. The molecule has 1 heteroatoms. The minimum absolute atomic E-state index is 1.15. The second kappa shape index (κ2) is 5.15. The molecule has 0 nitrogen and oxygen atoms in total. The average Bonchev–Trinajstić information content (AvgIpc) is 2.09. The third-order valence-electron chi connectivity index (χ3n) is 1.66. The fourth-order valence-electron chi connectivity index (χ4n) is 0.987. The number of rotatable bonds is 3. The van der Waals surface area contributed by atoms with Gasteiger partial charge in [-0.05, 0) is 18.1 Å². The van der Waals surface area contributed by atoms with Gasteiger partial charge in [-0.1, -0.05) is 59.6 Å². The standard InChI is InChI=1S/C11H13Br/c1-2-3-4-7-10-8-5-6-9-11(10)12/h4-9H,2-3H2,1H3/b7-4+. The van der Waals surface area contributed by atoms with Crippen LogP contribution in [0.3, 0.4) is 0 Å². The van der Waals surface area contributed by atoms with E-state index in [-0.39, 0.29) is 0 Å². The van der Waals surface area contributed by atoms with E-state index in [9.17, 15) is 0 Å². The molecule has 12 heavy (non-hydrogen) atoms. The van der Waals surface area contributed by atoms with Crippen molar-refractivity contribution >= 4 is 22.0 Å². The van der Waals surface area contributed by atoms with Crippen molar-refractivity contribution in [3.63, 3.8) is 0 Å². The van der Waals surface area contributed by atoms with Gasteiger partial charge in [0.25, 0.3) is 0 Å². The van der Waals surface area contributed by atoms with Gasteiger partial charge in [-0.15, -0.1) is 0 Å². The smallest absolute Gasteiger partial charge is 0.0247 e. The Kier molecular flexibility index (Phi) is 4.09. The van der Waals surface area contributed by atoms with Crippen molar-refractivity contribution in [1.82, 2.24) is 0 Å². The molecule has 1 aromatic carbocycles. The molecule has 0 N–H and O–H groups in total. The maximum Gasteiger partial charge on any atom is 0.0247 e. The molecule has 0 aromatic heterocycles. The van der Waals surface area contributed by atoms with Gasteiger partial charge in [0.15, 0.2) is 0 Å². The van der Waals surface area contributed by atoms with Gasteiger partial charge in [0, 0.05) is 4.47 Å². The van der Waals surface area contributed by atoms with Crippen LogP contribution in [0.2, 0.25) is 0 Å². The molecule has 0 unspecified atom stereocenters. The Labute approximate surface area is 82.4 Å². The molecule has 0 spiro atoms. The second-order valence-corrected chi connectivity index (χ2v) is 3.57. The first-order valence-corrected chi connectivity index (χ1v) is 5.05. The van der Waals surface area contributed by atoms with Crippen LogP contribution < -0.4 is 0 Å². The summed E-state index contributed by atoms with van der Waals surface area (Å²) in [6.07, 6.45) is 6.73. The van der Waals surface area contributed by atoms with Crippen LogP contribution in [0.25, 0.3) is 6.08 Å². The van der Waals surface area contributed by atoms with Crippen molar-refractivity contribution in [3.8, 4) is 0 Å². The summed E-state index contributed by atoms with van der Waals surface area (Å²) in [6.45, 7) is 2.18. The zero-order valence-corrected chi connectivity index (χ0v) is 8.84. The predicted octanol–water partition coefficient (Wildman–Crippen LogP) is 4.26. The van der Waals surface area contributed by atoms with Crippen molar-refractivity contribution in [1.29, 1.82) is 0 Å². The number of halogens is 1. The van der Waals surface area contributed by atoms with Gasteiger partial charge < -0.3 is 0 Å². The maximum absolute atomic E-state index is 3.50. The molecular formula is C11H13Br. The molecule has 0 atom stereocenters. The summed E-state index contributed by atoms with van der Waals surface area (Å²) in [4.78, 5) is 0. The molecule has 0 saturated heterocycles. The Balaban J connectivity index is 2.68. The zero-order valence-electron chi connectivity index (χ0n) is 7.26. The van der Waals surface area contributed by atoms with E-state index in [1.54, 1.807) is 0 Å². The number of allylic oxidation sites excluding steroid dienone is 1. The first-order chi connectivity index (χ1) is 5.84. The Hall–Kier alpha value is -0.560. The lowest BCUT2D eigenvalue weighted by Crippen LogP contribution is -1.73. The SMILES string of the molecule is CCC/C=C/c1ccccc1Br. The third kappa shape index (κ3) is 2.82. The second-order valence-electron chi connectivity index (χ2n) is 2.71. The molecule has 1 rings (SSSR count). The highest BCUT2D eigenvalue weighted by Crippen LogP contribution is 2.17. The molecule has 0 heterocycles. The fourth-order valence-corrected chi connectivity index (χ4v) is 1.40. The monoisotopic (exact) mass is 224 g/mol. The summed E-state index contributed by atoms with van der Waals surface area (Å²) < 4.78 is 1.16. The number of hydrogen-bond acceptors (Lipinski definition) is 0. The van der Waals surface area contributed by atoms with Gasteiger partial charge in [-0.25, -0.2) is 0 Å². The van der Waals surface area contributed by atoms with Crippen molar-refractivity contribution < 1.29 is 0 Å². The molecule has 0 aliphatic heterocycles. The van der Waals surface area contributed by atoms with E-state index < -0.39 is 0 Å². The van der Waals surface area contributed by atoms with Crippen LogP contribution in [0.15, 0.2) is 34.8 Å². The third-order valence-corrected chi connectivity index (χ3v) is 2.38. The molecule has 0 aliphatic carbocycles. The van der Waals surface area contributed by atoms with Crippen molar-refractivity contribution in [2.45, 2.75) is 19.8 Å². The van der Waals surface area contributed by atoms with Gasteiger partial charge >= 0.3 is 0 Å². The number of benzene rings is 1. The molecule has 0 amide bonds. The number of hydrogen-bond donors (Lipinski definition) is 0. The van der Waals surface area contributed by atoms with E-state index in [4.69, 9.17) is 0 Å². The highest BCUT2D eigenvalue weighted by Gasteiger charge is 1.90. The normalized spacial score (nSPS) is 10.8. The minimum Gasteiger partial charge on any atom is -0.0839 e. The van der Waals surface area contributed by atoms with E-state index in [1.807, 2.05) is 6.07 Å². The van der Waals surface area contributed by atoms with Gasteiger partial charge in [-0.2, -0.15) is 0 Å². The van der Waals surface area contributed by atoms with Crippen LogP contribution in [0, 0.1) is 0 Å². The van der Waals surface area contributed by atoms with E-state index in [1.165, 1.54) is 12.0 Å². The van der Waals surface area contributed by atoms with Crippen molar-refractivity contribution in [3.05, 3.63) is 40.4 Å².